The highest BCUT2D eigenvalue weighted by Crippen LogP contribution is 2.36. The molecule has 3 aromatic heterocycles. The second-order valence-corrected chi connectivity index (χ2v) is 8.90. The quantitative estimate of drug-likeness (QED) is 0.419. The Hall–Kier alpha value is -4.05. The van der Waals surface area contributed by atoms with Crippen LogP contribution in [0.25, 0.3) is 27.9 Å². The molecule has 0 bridgehead atoms. The van der Waals surface area contributed by atoms with Gasteiger partial charge in [-0.1, -0.05) is 11.6 Å². The third-order valence-corrected chi connectivity index (χ3v) is 6.27. The number of halogens is 2. The molecule has 1 fully saturated rings. The summed E-state index contributed by atoms with van der Waals surface area (Å²) in [4.78, 5) is 32.4. The van der Waals surface area contributed by atoms with Crippen molar-refractivity contribution < 1.29 is 9.23 Å². The van der Waals surface area contributed by atoms with Gasteiger partial charge in [-0.2, -0.15) is 10.2 Å². The smallest absolute Gasteiger partial charge is 0.279 e. The average Bonchev–Trinajstić information content (AvgIpc) is 3.59. The minimum absolute atomic E-state index is 0.0846. The van der Waals surface area contributed by atoms with Gasteiger partial charge in [0.1, 0.15) is 34.8 Å². The van der Waals surface area contributed by atoms with Gasteiger partial charge in [-0.05, 0) is 44.0 Å². The van der Waals surface area contributed by atoms with E-state index in [1.807, 2.05) is 10.9 Å². The van der Waals surface area contributed by atoms with E-state index in [0.29, 0.717) is 17.4 Å². The Morgan fingerprint density at radius 3 is 2.77 bits per heavy atom. The van der Waals surface area contributed by atoms with Crippen molar-refractivity contribution >= 4 is 33.9 Å². The third-order valence-electron chi connectivity index (χ3n) is 6.04. The highest BCUT2D eigenvalue weighted by molar-refractivity contribution is 6.30. The second kappa shape index (κ2) is 8.02. The number of aromatic nitrogens is 6. The Bertz CT molecular complexity index is 1620. The van der Waals surface area contributed by atoms with Crippen molar-refractivity contribution in [3.8, 4) is 11.3 Å². The first-order valence-electron chi connectivity index (χ1n) is 11.0. The number of hydrogen-bond acceptors (Lipinski definition) is 7. The first kappa shape index (κ1) is 21.5. The molecular weight excluding hydrogens is 473 g/mol. The van der Waals surface area contributed by atoms with Gasteiger partial charge in [-0.15, -0.1) is 0 Å². The normalized spacial score (nSPS) is 15.4. The van der Waals surface area contributed by atoms with Crippen LogP contribution < -0.4 is 10.6 Å². The van der Waals surface area contributed by atoms with Gasteiger partial charge in [0.2, 0.25) is 0 Å². The van der Waals surface area contributed by atoms with Gasteiger partial charge < -0.3 is 4.84 Å². The molecular formula is C24H19ClFN7O2. The van der Waals surface area contributed by atoms with Gasteiger partial charge >= 0.3 is 0 Å². The standard InChI is InChI=1S/C24H19ClFN7O2/c1-13-28-21-20(18-6-3-15(25)9-19(18)26)29-23(30-22(21)24(34)31(13)2)14-7-8-35-33(11-14)17-10-27-32(12-17)16-4-5-16/h3,6-12,16H,4-5H2,1-2H3. The number of hydrogen-bond donors (Lipinski definition) is 0. The number of aryl methyl sites for hydroxylation is 1. The van der Waals surface area contributed by atoms with E-state index in [-0.39, 0.29) is 38.7 Å². The van der Waals surface area contributed by atoms with Gasteiger partial charge in [0.25, 0.3) is 5.56 Å². The maximum absolute atomic E-state index is 15.0. The molecule has 0 spiro atoms. The largest absolute Gasteiger partial charge is 0.383 e. The van der Waals surface area contributed by atoms with Gasteiger partial charge in [-0.25, -0.2) is 19.3 Å². The van der Waals surface area contributed by atoms with E-state index < -0.39 is 5.82 Å². The van der Waals surface area contributed by atoms with Crippen molar-refractivity contribution in [3.05, 3.63) is 82.0 Å². The molecule has 0 radical (unpaired) electrons. The summed E-state index contributed by atoms with van der Waals surface area (Å²) in [6.45, 7) is 1.69. The number of benzene rings is 1. The molecule has 4 heterocycles. The Labute approximate surface area is 203 Å². The lowest BCUT2D eigenvalue weighted by atomic mass is 10.1. The molecule has 0 unspecified atom stereocenters. The number of fused-ring (bicyclic) bond motifs is 1. The summed E-state index contributed by atoms with van der Waals surface area (Å²) in [6, 6.07) is 4.71. The molecule has 2 aliphatic rings. The summed E-state index contributed by atoms with van der Waals surface area (Å²) in [5.41, 5.74) is 1.62. The average molecular weight is 492 g/mol. The predicted molar refractivity (Wildman–Crippen MR) is 129 cm³/mol. The van der Waals surface area contributed by atoms with Gasteiger partial charge in [0, 0.05) is 23.2 Å². The molecule has 1 saturated carbocycles. The first-order chi connectivity index (χ1) is 16.9. The monoisotopic (exact) mass is 491 g/mol. The fourth-order valence-electron chi connectivity index (χ4n) is 3.87. The summed E-state index contributed by atoms with van der Waals surface area (Å²) in [7, 11) is 1.61. The number of allylic oxidation sites excluding steroid dienone is 2. The summed E-state index contributed by atoms with van der Waals surface area (Å²) in [5, 5.41) is 6.19. The van der Waals surface area contributed by atoms with E-state index in [9.17, 15) is 9.18 Å². The van der Waals surface area contributed by atoms with E-state index in [4.69, 9.17) is 16.4 Å². The van der Waals surface area contributed by atoms with E-state index in [0.717, 1.165) is 18.5 Å². The fourth-order valence-corrected chi connectivity index (χ4v) is 4.03. The molecule has 9 nitrogen and oxygen atoms in total. The van der Waals surface area contributed by atoms with Crippen LogP contribution in [0, 0.1) is 12.7 Å². The van der Waals surface area contributed by atoms with Crippen molar-refractivity contribution in [2.24, 2.45) is 7.05 Å². The van der Waals surface area contributed by atoms with Crippen molar-refractivity contribution in [3.63, 3.8) is 0 Å². The molecule has 0 N–H and O–H groups in total. The molecule has 0 amide bonds. The van der Waals surface area contributed by atoms with Crippen LogP contribution in [0.5, 0.6) is 0 Å². The maximum atomic E-state index is 15.0. The zero-order chi connectivity index (χ0) is 24.3. The van der Waals surface area contributed by atoms with Gasteiger partial charge in [0.15, 0.2) is 11.3 Å². The van der Waals surface area contributed by atoms with E-state index >= 15 is 0 Å². The SMILES string of the molecule is Cc1nc2c(-c3ccc(Cl)cc3F)nc(C3=CN(c4cnn(C5CC5)c4)OC=C3)nc2c(=O)n1C. The molecule has 0 saturated heterocycles. The molecule has 4 aromatic rings. The summed E-state index contributed by atoms with van der Waals surface area (Å²) >= 11 is 5.96. The van der Waals surface area contributed by atoms with Crippen LogP contribution in [0.2, 0.25) is 5.02 Å². The molecule has 11 heteroatoms. The molecule has 1 aliphatic heterocycles. The number of rotatable bonds is 4. The Morgan fingerprint density at radius 2 is 2.00 bits per heavy atom. The van der Waals surface area contributed by atoms with Crippen LogP contribution in [-0.2, 0) is 11.9 Å². The topological polar surface area (TPSA) is 91.0 Å². The highest BCUT2D eigenvalue weighted by Gasteiger charge is 2.26. The fraction of sp³-hybridized carbons (Fsp3) is 0.208. The second-order valence-electron chi connectivity index (χ2n) is 8.47. The van der Waals surface area contributed by atoms with E-state index in [1.54, 1.807) is 43.6 Å². The summed E-state index contributed by atoms with van der Waals surface area (Å²) < 4.78 is 18.3. The van der Waals surface area contributed by atoms with E-state index in [2.05, 4.69) is 20.1 Å². The molecule has 1 aromatic carbocycles. The van der Waals surface area contributed by atoms with Crippen LogP contribution in [0.4, 0.5) is 10.1 Å². The van der Waals surface area contributed by atoms with Crippen LogP contribution in [0.1, 0.15) is 30.5 Å². The van der Waals surface area contributed by atoms with Crippen molar-refractivity contribution in [2.45, 2.75) is 25.8 Å². The first-order valence-corrected chi connectivity index (χ1v) is 11.4. The Balaban J connectivity index is 1.53. The molecule has 1 aliphatic carbocycles. The molecule has 176 valence electrons. The van der Waals surface area contributed by atoms with Crippen LogP contribution in [0.3, 0.4) is 0 Å². The Kier molecular flexibility index (Phi) is 4.92. The lowest BCUT2D eigenvalue weighted by Gasteiger charge is -2.21. The highest BCUT2D eigenvalue weighted by atomic mass is 35.5. The summed E-state index contributed by atoms with van der Waals surface area (Å²) in [6.07, 6.45) is 10.7. The number of nitrogens with zero attached hydrogens (tertiary/aromatic N) is 7. The van der Waals surface area contributed by atoms with Crippen molar-refractivity contribution in [2.75, 3.05) is 5.06 Å². The van der Waals surface area contributed by atoms with Crippen molar-refractivity contribution in [1.82, 2.24) is 29.3 Å². The molecule has 0 atom stereocenters. The lowest BCUT2D eigenvalue weighted by Crippen LogP contribution is -2.23. The van der Waals surface area contributed by atoms with E-state index in [1.165, 1.54) is 23.0 Å². The molecule has 6 rings (SSSR count). The third kappa shape index (κ3) is 3.75. The maximum Gasteiger partial charge on any atom is 0.279 e. The number of hydroxylamine groups is 1. The van der Waals surface area contributed by atoms with Crippen LogP contribution in [-0.4, -0.2) is 29.3 Å². The van der Waals surface area contributed by atoms with Crippen molar-refractivity contribution in [1.29, 1.82) is 0 Å². The minimum atomic E-state index is -0.575. The van der Waals surface area contributed by atoms with Gasteiger partial charge in [0.05, 0.1) is 24.6 Å². The van der Waals surface area contributed by atoms with Crippen LogP contribution >= 0.6 is 11.6 Å². The minimum Gasteiger partial charge on any atom is -0.383 e. The summed E-state index contributed by atoms with van der Waals surface area (Å²) in [5.74, 6) is 0.108. The Morgan fingerprint density at radius 1 is 1.17 bits per heavy atom. The number of anilines is 1. The lowest BCUT2D eigenvalue weighted by molar-refractivity contribution is 0.246. The zero-order valence-corrected chi connectivity index (χ0v) is 19.6. The zero-order valence-electron chi connectivity index (χ0n) is 18.8. The van der Waals surface area contributed by atoms with Gasteiger partial charge in [-0.3, -0.25) is 14.0 Å². The predicted octanol–water partition coefficient (Wildman–Crippen LogP) is 4.33. The molecule has 35 heavy (non-hydrogen) atoms. The van der Waals surface area contributed by atoms with Crippen LogP contribution in [0.15, 0.2) is 53.9 Å².